The Morgan fingerprint density at radius 3 is 2.42 bits per heavy atom. The SMILES string of the molecule is CCCCC#C/C(=C\C=N\S(=O)(=O)c1ccc(C)cc1)c1ccccc1. The van der Waals surface area contributed by atoms with Gasteiger partial charge in [0.05, 0.1) is 4.90 Å². The van der Waals surface area contributed by atoms with Gasteiger partial charge in [0, 0.05) is 18.2 Å². The van der Waals surface area contributed by atoms with Crippen molar-refractivity contribution in [1.29, 1.82) is 0 Å². The first-order valence-corrected chi connectivity index (χ1v) is 10.1. The first-order valence-electron chi connectivity index (χ1n) is 8.64. The molecule has 3 nitrogen and oxygen atoms in total. The van der Waals surface area contributed by atoms with Crippen molar-refractivity contribution in [3.63, 3.8) is 0 Å². The van der Waals surface area contributed by atoms with E-state index in [0.717, 1.165) is 36.0 Å². The highest BCUT2D eigenvalue weighted by Gasteiger charge is 2.10. The minimum absolute atomic E-state index is 0.183. The molecule has 0 atom stereocenters. The molecule has 0 spiro atoms. The average molecular weight is 365 g/mol. The smallest absolute Gasteiger partial charge is 0.199 e. The number of nitrogens with zero attached hydrogens (tertiary/aromatic N) is 1. The summed E-state index contributed by atoms with van der Waals surface area (Å²) in [7, 11) is -3.71. The van der Waals surface area contributed by atoms with E-state index in [1.807, 2.05) is 37.3 Å². The maximum Gasteiger partial charge on any atom is 0.282 e. The summed E-state index contributed by atoms with van der Waals surface area (Å²) in [6.45, 7) is 4.03. The van der Waals surface area contributed by atoms with E-state index in [4.69, 9.17) is 0 Å². The second kappa shape index (κ2) is 9.74. The van der Waals surface area contributed by atoms with Gasteiger partial charge in [-0.1, -0.05) is 73.2 Å². The molecule has 0 radical (unpaired) electrons. The van der Waals surface area contributed by atoms with E-state index in [0.29, 0.717) is 0 Å². The van der Waals surface area contributed by atoms with Crippen LogP contribution in [-0.2, 0) is 10.0 Å². The lowest BCUT2D eigenvalue weighted by Crippen LogP contribution is -1.96. The molecule has 2 aromatic carbocycles. The highest BCUT2D eigenvalue weighted by atomic mass is 32.2. The molecule has 0 aromatic heterocycles. The predicted molar refractivity (Wildman–Crippen MR) is 109 cm³/mol. The molecule has 2 rings (SSSR count). The molecule has 0 aliphatic heterocycles. The molecule has 26 heavy (non-hydrogen) atoms. The zero-order chi connectivity index (χ0) is 18.8. The lowest BCUT2D eigenvalue weighted by Gasteiger charge is -2.00. The fraction of sp³-hybridized carbons (Fsp3) is 0.227. The number of hydrogen-bond donors (Lipinski definition) is 0. The maximum atomic E-state index is 12.3. The van der Waals surface area contributed by atoms with Crippen molar-refractivity contribution >= 4 is 21.8 Å². The van der Waals surface area contributed by atoms with E-state index >= 15 is 0 Å². The Bertz CT molecular complexity index is 929. The Morgan fingerprint density at radius 1 is 1.08 bits per heavy atom. The first kappa shape index (κ1) is 19.7. The quantitative estimate of drug-likeness (QED) is 0.409. The summed E-state index contributed by atoms with van der Waals surface area (Å²) in [5.74, 6) is 6.27. The van der Waals surface area contributed by atoms with Gasteiger partial charge < -0.3 is 0 Å². The van der Waals surface area contributed by atoms with Gasteiger partial charge >= 0.3 is 0 Å². The summed E-state index contributed by atoms with van der Waals surface area (Å²) < 4.78 is 28.4. The van der Waals surface area contributed by atoms with E-state index in [-0.39, 0.29) is 4.90 Å². The van der Waals surface area contributed by atoms with E-state index < -0.39 is 10.0 Å². The minimum Gasteiger partial charge on any atom is -0.199 e. The van der Waals surface area contributed by atoms with Crippen LogP contribution >= 0.6 is 0 Å². The van der Waals surface area contributed by atoms with Crippen molar-refractivity contribution in [3.05, 3.63) is 71.8 Å². The van der Waals surface area contributed by atoms with E-state index in [1.165, 1.54) is 6.21 Å². The van der Waals surface area contributed by atoms with Crippen LogP contribution in [0, 0.1) is 18.8 Å². The molecule has 0 aliphatic carbocycles. The predicted octanol–water partition coefficient (Wildman–Crippen LogP) is 5.03. The third kappa shape index (κ3) is 6.02. The first-order chi connectivity index (χ1) is 12.5. The molecular weight excluding hydrogens is 342 g/mol. The summed E-state index contributed by atoms with van der Waals surface area (Å²) >= 11 is 0. The highest BCUT2D eigenvalue weighted by molar-refractivity contribution is 7.90. The third-order valence-electron chi connectivity index (χ3n) is 3.72. The Morgan fingerprint density at radius 2 is 1.77 bits per heavy atom. The minimum atomic E-state index is -3.71. The van der Waals surface area contributed by atoms with Gasteiger partial charge in [0.1, 0.15) is 0 Å². The highest BCUT2D eigenvalue weighted by Crippen LogP contribution is 2.15. The van der Waals surface area contributed by atoms with Crippen molar-refractivity contribution in [2.75, 3.05) is 0 Å². The monoisotopic (exact) mass is 365 g/mol. The maximum absolute atomic E-state index is 12.3. The Hall–Kier alpha value is -2.64. The molecule has 134 valence electrons. The van der Waals surface area contributed by atoms with Crippen LogP contribution in [0.2, 0.25) is 0 Å². The normalized spacial score (nSPS) is 12.0. The number of benzene rings is 2. The van der Waals surface area contributed by atoms with Crippen molar-refractivity contribution in [3.8, 4) is 11.8 Å². The average Bonchev–Trinajstić information content (AvgIpc) is 2.65. The Balaban J connectivity index is 2.26. The van der Waals surface area contributed by atoms with Gasteiger partial charge in [-0.2, -0.15) is 12.8 Å². The lowest BCUT2D eigenvalue weighted by atomic mass is 10.1. The summed E-state index contributed by atoms with van der Waals surface area (Å²) in [5, 5.41) is 0. The number of aryl methyl sites for hydroxylation is 1. The zero-order valence-electron chi connectivity index (χ0n) is 15.1. The van der Waals surface area contributed by atoms with Crippen molar-refractivity contribution in [1.82, 2.24) is 0 Å². The van der Waals surface area contributed by atoms with Crippen LogP contribution in [0.4, 0.5) is 0 Å². The molecule has 4 heteroatoms. The van der Waals surface area contributed by atoms with Crippen LogP contribution < -0.4 is 0 Å². The molecule has 0 fully saturated rings. The van der Waals surface area contributed by atoms with Crippen LogP contribution in [0.1, 0.15) is 37.3 Å². The lowest BCUT2D eigenvalue weighted by molar-refractivity contribution is 0.598. The van der Waals surface area contributed by atoms with E-state index in [9.17, 15) is 8.42 Å². The zero-order valence-corrected chi connectivity index (χ0v) is 16.0. The van der Waals surface area contributed by atoms with Crippen LogP contribution in [0.25, 0.3) is 5.57 Å². The van der Waals surface area contributed by atoms with Crippen LogP contribution in [0.5, 0.6) is 0 Å². The second-order valence-electron chi connectivity index (χ2n) is 5.89. The Kier molecular flexibility index (Phi) is 7.37. The van der Waals surface area contributed by atoms with Crippen LogP contribution in [-0.4, -0.2) is 14.6 Å². The van der Waals surface area contributed by atoms with E-state index in [2.05, 4.69) is 23.2 Å². The van der Waals surface area contributed by atoms with Crippen molar-refractivity contribution < 1.29 is 8.42 Å². The number of hydrogen-bond acceptors (Lipinski definition) is 2. The number of rotatable bonds is 6. The molecular formula is C22H23NO2S. The Labute approximate surface area is 156 Å². The van der Waals surface area contributed by atoms with Gasteiger partial charge in [-0.25, -0.2) is 0 Å². The fourth-order valence-corrected chi connectivity index (χ4v) is 3.03. The molecule has 0 saturated carbocycles. The molecule has 0 N–H and O–H groups in total. The molecule has 0 bridgehead atoms. The molecule has 2 aromatic rings. The topological polar surface area (TPSA) is 46.5 Å². The van der Waals surface area contributed by atoms with Crippen molar-refractivity contribution in [2.45, 2.75) is 38.0 Å². The summed E-state index contributed by atoms with van der Waals surface area (Å²) in [6, 6.07) is 16.3. The molecule has 0 aliphatic rings. The van der Waals surface area contributed by atoms with Gasteiger partial charge in [-0.3, -0.25) is 0 Å². The third-order valence-corrected chi connectivity index (χ3v) is 4.99. The van der Waals surface area contributed by atoms with E-state index in [1.54, 1.807) is 30.3 Å². The van der Waals surface area contributed by atoms with Crippen molar-refractivity contribution in [2.24, 2.45) is 4.40 Å². The van der Waals surface area contributed by atoms with Gasteiger partial charge in [0.15, 0.2) is 0 Å². The second-order valence-corrected chi connectivity index (χ2v) is 7.53. The number of allylic oxidation sites excluding steroid dienone is 2. The summed E-state index contributed by atoms with van der Waals surface area (Å²) in [4.78, 5) is 0.183. The number of sulfonamides is 1. The van der Waals surface area contributed by atoms with Gasteiger partial charge in [0.25, 0.3) is 10.0 Å². The standard InChI is InChI=1S/C22H23NO2S/c1-3-4-5-7-12-21(20-10-8-6-9-11-20)17-18-23-26(24,25)22-15-13-19(2)14-16-22/h6,8-11,13-18H,3-5H2,1-2H3/b21-17+,23-18+. The summed E-state index contributed by atoms with van der Waals surface area (Å²) in [6.07, 6.45) is 5.92. The fourth-order valence-electron chi connectivity index (χ4n) is 2.21. The van der Waals surface area contributed by atoms with Crippen LogP contribution in [0.3, 0.4) is 0 Å². The summed E-state index contributed by atoms with van der Waals surface area (Å²) in [5.41, 5.74) is 2.70. The molecule has 0 saturated heterocycles. The molecule has 0 amide bonds. The van der Waals surface area contributed by atoms with Gasteiger partial charge in [0.2, 0.25) is 0 Å². The van der Waals surface area contributed by atoms with Gasteiger partial charge in [-0.15, -0.1) is 0 Å². The molecule has 0 unspecified atom stereocenters. The largest absolute Gasteiger partial charge is 0.282 e. The van der Waals surface area contributed by atoms with Crippen LogP contribution in [0.15, 0.2) is 70.0 Å². The number of unbranched alkanes of at least 4 members (excludes halogenated alkanes) is 2. The van der Waals surface area contributed by atoms with Gasteiger partial charge in [-0.05, 0) is 37.1 Å². The molecule has 0 heterocycles.